The molecule has 1 aromatic heterocycles. The Kier molecular flexibility index (Phi) is 3.46. The van der Waals surface area contributed by atoms with Gasteiger partial charge in [0.05, 0.1) is 23.5 Å². The SMILES string of the molecule is Cc1cc(Cn2cnc3cc4c(cc32)CCC4)ccc1C(C)O. The molecule has 0 amide bonds. The molecule has 3 aromatic rings. The van der Waals surface area contributed by atoms with Crippen LogP contribution in [0.15, 0.2) is 36.7 Å². The predicted octanol–water partition coefficient (Wildman–Crippen LogP) is 3.94. The first-order valence-corrected chi connectivity index (χ1v) is 8.36. The lowest BCUT2D eigenvalue weighted by atomic mass is 10.0. The molecule has 1 unspecified atom stereocenters. The third-order valence-corrected chi connectivity index (χ3v) is 4.97. The third kappa shape index (κ3) is 2.55. The minimum Gasteiger partial charge on any atom is -0.389 e. The van der Waals surface area contributed by atoms with E-state index >= 15 is 0 Å². The summed E-state index contributed by atoms with van der Waals surface area (Å²) in [6.07, 6.45) is 5.18. The fourth-order valence-corrected chi connectivity index (χ4v) is 3.75. The van der Waals surface area contributed by atoms with E-state index in [9.17, 15) is 5.11 Å². The molecule has 1 aliphatic rings. The average molecular weight is 306 g/mol. The highest BCUT2D eigenvalue weighted by atomic mass is 16.3. The molecule has 1 N–H and O–H groups in total. The number of benzene rings is 2. The van der Waals surface area contributed by atoms with Gasteiger partial charge in [-0.2, -0.15) is 0 Å². The summed E-state index contributed by atoms with van der Waals surface area (Å²) in [5.74, 6) is 0. The molecule has 0 radical (unpaired) electrons. The first-order valence-electron chi connectivity index (χ1n) is 8.36. The van der Waals surface area contributed by atoms with Crippen molar-refractivity contribution in [3.8, 4) is 0 Å². The minimum absolute atomic E-state index is 0.416. The van der Waals surface area contributed by atoms with E-state index in [1.54, 1.807) is 0 Å². The van der Waals surface area contributed by atoms with Crippen LogP contribution < -0.4 is 0 Å². The van der Waals surface area contributed by atoms with Crippen LogP contribution in [0.4, 0.5) is 0 Å². The summed E-state index contributed by atoms with van der Waals surface area (Å²) >= 11 is 0. The number of hydrogen-bond acceptors (Lipinski definition) is 2. The second-order valence-electron chi connectivity index (χ2n) is 6.70. The lowest BCUT2D eigenvalue weighted by Crippen LogP contribution is -2.01. The lowest BCUT2D eigenvalue weighted by molar-refractivity contribution is 0.198. The van der Waals surface area contributed by atoms with Crippen LogP contribution in [0.1, 0.15) is 47.3 Å². The maximum absolute atomic E-state index is 9.77. The molecule has 3 heteroatoms. The highest BCUT2D eigenvalue weighted by molar-refractivity contribution is 5.78. The molecule has 1 heterocycles. The second-order valence-corrected chi connectivity index (χ2v) is 6.70. The van der Waals surface area contributed by atoms with Gasteiger partial charge in [-0.1, -0.05) is 18.2 Å². The van der Waals surface area contributed by atoms with Gasteiger partial charge < -0.3 is 9.67 Å². The van der Waals surface area contributed by atoms with Gasteiger partial charge >= 0.3 is 0 Å². The summed E-state index contributed by atoms with van der Waals surface area (Å²) in [5, 5.41) is 9.77. The zero-order valence-corrected chi connectivity index (χ0v) is 13.7. The van der Waals surface area contributed by atoms with Gasteiger partial charge in [0, 0.05) is 6.54 Å². The van der Waals surface area contributed by atoms with Gasteiger partial charge in [0.2, 0.25) is 0 Å². The number of aliphatic hydroxyl groups is 1. The van der Waals surface area contributed by atoms with E-state index in [4.69, 9.17) is 0 Å². The summed E-state index contributed by atoms with van der Waals surface area (Å²) in [7, 11) is 0. The predicted molar refractivity (Wildman–Crippen MR) is 92.7 cm³/mol. The smallest absolute Gasteiger partial charge is 0.0961 e. The van der Waals surface area contributed by atoms with Crippen molar-refractivity contribution < 1.29 is 5.11 Å². The Bertz CT molecular complexity index is 877. The molecule has 0 saturated heterocycles. The van der Waals surface area contributed by atoms with Gasteiger partial charge in [-0.15, -0.1) is 0 Å². The van der Waals surface area contributed by atoms with Gasteiger partial charge in [-0.05, 0) is 73.1 Å². The largest absolute Gasteiger partial charge is 0.389 e. The number of aryl methyl sites for hydroxylation is 3. The van der Waals surface area contributed by atoms with E-state index in [2.05, 4.69) is 40.7 Å². The highest BCUT2D eigenvalue weighted by Crippen LogP contribution is 2.27. The summed E-state index contributed by atoms with van der Waals surface area (Å²) in [6.45, 7) is 4.69. The summed E-state index contributed by atoms with van der Waals surface area (Å²) in [5.41, 5.74) is 8.67. The van der Waals surface area contributed by atoms with Crippen LogP contribution in [-0.2, 0) is 19.4 Å². The quantitative estimate of drug-likeness (QED) is 0.796. The maximum atomic E-state index is 9.77. The Morgan fingerprint density at radius 3 is 2.70 bits per heavy atom. The van der Waals surface area contributed by atoms with Crippen molar-refractivity contribution in [1.29, 1.82) is 0 Å². The summed E-state index contributed by atoms with van der Waals surface area (Å²) in [6, 6.07) is 10.9. The van der Waals surface area contributed by atoms with Crippen molar-refractivity contribution in [3.05, 3.63) is 64.5 Å². The third-order valence-electron chi connectivity index (χ3n) is 4.97. The van der Waals surface area contributed by atoms with Crippen LogP contribution in [0.25, 0.3) is 11.0 Å². The Labute approximate surface area is 136 Å². The maximum Gasteiger partial charge on any atom is 0.0961 e. The zero-order valence-electron chi connectivity index (χ0n) is 13.7. The first kappa shape index (κ1) is 14.5. The Hall–Kier alpha value is -2.13. The number of imidazole rings is 1. The van der Waals surface area contributed by atoms with Crippen molar-refractivity contribution in [1.82, 2.24) is 9.55 Å². The molecule has 0 spiro atoms. The van der Waals surface area contributed by atoms with E-state index in [1.807, 2.05) is 19.3 Å². The Balaban J connectivity index is 1.69. The number of nitrogens with zero attached hydrogens (tertiary/aromatic N) is 2. The molecule has 1 aliphatic carbocycles. The Morgan fingerprint density at radius 1 is 1.17 bits per heavy atom. The fraction of sp³-hybridized carbons (Fsp3) is 0.350. The number of fused-ring (bicyclic) bond motifs is 2. The van der Waals surface area contributed by atoms with Crippen LogP contribution in [0.3, 0.4) is 0 Å². The second kappa shape index (κ2) is 5.50. The van der Waals surface area contributed by atoms with Gasteiger partial charge in [0.25, 0.3) is 0 Å². The molecule has 3 nitrogen and oxygen atoms in total. The Morgan fingerprint density at radius 2 is 1.96 bits per heavy atom. The molecule has 0 saturated carbocycles. The van der Waals surface area contributed by atoms with E-state index in [0.717, 1.165) is 23.2 Å². The van der Waals surface area contributed by atoms with Gasteiger partial charge in [0.1, 0.15) is 0 Å². The number of aromatic nitrogens is 2. The average Bonchev–Trinajstić information content (AvgIpc) is 3.11. The molecular weight excluding hydrogens is 284 g/mol. The molecule has 1 atom stereocenters. The highest BCUT2D eigenvalue weighted by Gasteiger charge is 2.14. The summed E-state index contributed by atoms with van der Waals surface area (Å²) in [4.78, 5) is 4.58. The van der Waals surface area contributed by atoms with Crippen molar-refractivity contribution >= 4 is 11.0 Å². The van der Waals surface area contributed by atoms with Crippen LogP contribution in [0.2, 0.25) is 0 Å². The fourth-order valence-electron chi connectivity index (χ4n) is 3.75. The number of hydrogen-bond donors (Lipinski definition) is 1. The van der Waals surface area contributed by atoms with E-state index in [-0.39, 0.29) is 0 Å². The zero-order chi connectivity index (χ0) is 16.0. The number of rotatable bonds is 3. The van der Waals surface area contributed by atoms with Gasteiger partial charge in [0.15, 0.2) is 0 Å². The molecule has 23 heavy (non-hydrogen) atoms. The lowest BCUT2D eigenvalue weighted by Gasteiger charge is -2.12. The molecule has 4 rings (SSSR count). The van der Waals surface area contributed by atoms with E-state index < -0.39 is 6.10 Å². The van der Waals surface area contributed by atoms with Crippen LogP contribution in [0, 0.1) is 6.92 Å². The van der Waals surface area contributed by atoms with Crippen molar-refractivity contribution in [2.75, 3.05) is 0 Å². The molecule has 0 fully saturated rings. The molecule has 0 bridgehead atoms. The standard InChI is InChI=1S/C20H22N2O/c1-13-8-15(6-7-18(13)14(2)23)11-22-12-21-19-9-16-4-3-5-17(16)10-20(19)22/h6-10,12,14,23H,3-5,11H2,1-2H3. The topological polar surface area (TPSA) is 38.0 Å². The van der Waals surface area contributed by atoms with Gasteiger partial charge in [-0.25, -0.2) is 4.98 Å². The molecule has 118 valence electrons. The normalized spacial score (nSPS) is 15.1. The van der Waals surface area contributed by atoms with Crippen LogP contribution >= 0.6 is 0 Å². The molecule has 0 aliphatic heterocycles. The number of aliphatic hydroxyl groups excluding tert-OH is 1. The van der Waals surface area contributed by atoms with E-state index in [0.29, 0.717) is 0 Å². The monoisotopic (exact) mass is 306 g/mol. The molecular formula is C20H22N2O. The first-order chi connectivity index (χ1) is 11.1. The van der Waals surface area contributed by atoms with Crippen molar-refractivity contribution in [2.45, 2.75) is 45.8 Å². The summed E-state index contributed by atoms with van der Waals surface area (Å²) < 4.78 is 2.23. The van der Waals surface area contributed by atoms with Gasteiger partial charge in [-0.3, -0.25) is 0 Å². The molecule has 2 aromatic carbocycles. The van der Waals surface area contributed by atoms with Crippen LogP contribution in [0.5, 0.6) is 0 Å². The van der Waals surface area contributed by atoms with E-state index in [1.165, 1.54) is 41.5 Å². The van der Waals surface area contributed by atoms with Crippen molar-refractivity contribution in [2.24, 2.45) is 0 Å². The van der Waals surface area contributed by atoms with Crippen LogP contribution in [-0.4, -0.2) is 14.7 Å². The minimum atomic E-state index is -0.416. The van der Waals surface area contributed by atoms with Crippen molar-refractivity contribution in [3.63, 3.8) is 0 Å².